The molecule has 1 fully saturated rings. The Kier molecular flexibility index (Phi) is 7.18. The minimum absolute atomic E-state index is 0.251. The zero-order valence-electron chi connectivity index (χ0n) is 15.9. The summed E-state index contributed by atoms with van der Waals surface area (Å²) < 4.78 is 37.9. The predicted octanol–water partition coefficient (Wildman–Crippen LogP) is 3.12. The van der Waals surface area contributed by atoms with Crippen molar-refractivity contribution in [3.63, 3.8) is 0 Å². The van der Waals surface area contributed by atoms with E-state index >= 15 is 0 Å². The Morgan fingerprint density at radius 2 is 1.68 bits per heavy atom. The van der Waals surface area contributed by atoms with Crippen LogP contribution in [0.25, 0.3) is 0 Å². The molecule has 0 radical (unpaired) electrons. The van der Waals surface area contributed by atoms with Crippen molar-refractivity contribution in [2.24, 2.45) is 0 Å². The molecule has 28 heavy (non-hydrogen) atoms. The Labute approximate surface area is 171 Å². The molecule has 1 aliphatic heterocycles. The van der Waals surface area contributed by atoms with E-state index in [1.807, 2.05) is 24.3 Å². The summed E-state index contributed by atoms with van der Waals surface area (Å²) in [6.07, 6.45) is 0.882. The monoisotopic (exact) mass is 424 g/mol. The number of benzene rings is 2. The maximum atomic E-state index is 12.7. The highest BCUT2D eigenvalue weighted by Gasteiger charge is 2.28. The summed E-state index contributed by atoms with van der Waals surface area (Å²) in [5.74, 6) is 1.62. The fourth-order valence-corrected chi connectivity index (χ4v) is 4.84. The number of rotatable bonds is 8. The first-order valence-corrected chi connectivity index (χ1v) is 11.1. The third-order valence-corrected chi connectivity index (χ3v) is 6.84. The molecule has 0 amide bonds. The van der Waals surface area contributed by atoms with Crippen LogP contribution in [0.2, 0.25) is 5.02 Å². The number of sulfonamides is 1. The van der Waals surface area contributed by atoms with Gasteiger partial charge in [-0.2, -0.15) is 4.31 Å². The maximum absolute atomic E-state index is 12.7. The van der Waals surface area contributed by atoms with E-state index in [-0.39, 0.29) is 4.90 Å². The molecule has 6 nitrogen and oxygen atoms in total. The summed E-state index contributed by atoms with van der Waals surface area (Å²) in [5.41, 5.74) is 0. The van der Waals surface area contributed by atoms with Crippen LogP contribution in [0.3, 0.4) is 0 Å². The molecule has 2 aromatic rings. The van der Waals surface area contributed by atoms with Crippen molar-refractivity contribution >= 4 is 21.6 Å². The topological polar surface area (TPSA) is 59.1 Å². The fraction of sp³-hybridized carbons (Fsp3) is 0.400. The average Bonchev–Trinajstić information content (AvgIpc) is 2.72. The molecule has 0 N–H and O–H groups in total. The molecule has 0 bridgehead atoms. The fourth-order valence-electron chi connectivity index (χ4n) is 3.12. The number of hydrogen-bond acceptors (Lipinski definition) is 5. The van der Waals surface area contributed by atoms with Gasteiger partial charge in [-0.05, 0) is 48.9 Å². The molecule has 1 heterocycles. The van der Waals surface area contributed by atoms with Crippen molar-refractivity contribution < 1.29 is 17.9 Å². The summed E-state index contributed by atoms with van der Waals surface area (Å²) in [4.78, 5) is 2.52. The molecule has 0 aliphatic carbocycles. The van der Waals surface area contributed by atoms with Crippen LogP contribution in [0.4, 0.5) is 0 Å². The minimum Gasteiger partial charge on any atom is -0.497 e. The highest BCUT2D eigenvalue weighted by atomic mass is 35.5. The van der Waals surface area contributed by atoms with Crippen LogP contribution in [-0.2, 0) is 10.0 Å². The van der Waals surface area contributed by atoms with E-state index in [9.17, 15) is 8.42 Å². The van der Waals surface area contributed by atoms with Crippen LogP contribution >= 0.6 is 11.6 Å². The minimum atomic E-state index is -3.49. The van der Waals surface area contributed by atoms with Crippen molar-refractivity contribution in [1.29, 1.82) is 0 Å². The van der Waals surface area contributed by atoms with Gasteiger partial charge in [0.25, 0.3) is 0 Å². The van der Waals surface area contributed by atoms with Gasteiger partial charge >= 0.3 is 0 Å². The Balaban J connectivity index is 1.41. The van der Waals surface area contributed by atoms with E-state index in [1.165, 1.54) is 10.4 Å². The van der Waals surface area contributed by atoms with Crippen LogP contribution in [0.1, 0.15) is 6.42 Å². The van der Waals surface area contributed by atoms with Crippen LogP contribution in [0, 0.1) is 0 Å². The van der Waals surface area contributed by atoms with E-state index in [0.717, 1.165) is 24.5 Å². The van der Waals surface area contributed by atoms with Crippen LogP contribution in [0.15, 0.2) is 53.4 Å². The number of nitrogens with zero attached hydrogens (tertiary/aromatic N) is 2. The van der Waals surface area contributed by atoms with Crippen LogP contribution < -0.4 is 9.47 Å². The summed E-state index contributed by atoms with van der Waals surface area (Å²) in [7, 11) is -1.85. The summed E-state index contributed by atoms with van der Waals surface area (Å²) in [6, 6.07) is 13.9. The van der Waals surface area contributed by atoms with Gasteiger partial charge in [-0.15, -0.1) is 0 Å². The lowest BCUT2D eigenvalue weighted by Crippen LogP contribution is -2.48. The van der Waals surface area contributed by atoms with Gasteiger partial charge in [0.15, 0.2) is 0 Å². The molecule has 2 aromatic carbocycles. The molecular weight excluding hydrogens is 400 g/mol. The Bertz CT molecular complexity index is 866. The standard InChI is InChI=1S/C20H25ClN2O4S/c1-26-18-6-8-19(9-7-18)27-15-3-10-22-11-13-23(14-12-22)28(24,25)20-5-2-4-17(21)16-20/h2,4-9,16H,3,10-15H2,1H3. The van der Waals surface area contributed by atoms with E-state index in [1.54, 1.807) is 25.3 Å². The largest absolute Gasteiger partial charge is 0.497 e. The molecular formula is C20H25ClN2O4S. The second-order valence-electron chi connectivity index (χ2n) is 6.58. The highest BCUT2D eigenvalue weighted by molar-refractivity contribution is 7.89. The van der Waals surface area contributed by atoms with E-state index < -0.39 is 10.0 Å². The third-order valence-electron chi connectivity index (χ3n) is 4.71. The molecule has 0 unspecified atom stereocenters. The third kappa shape index (κ3) is 5.38. The zero-order chi connectivity index (χ0) is 20.0. The van der Waals surface area contributed by atoms with Crippen LogP contribution in [0.5, 0.6) is 11.5 Å². The smallest absolute Gasteiger partial charge is 0.243 e. The van der Waals surface area contributed by atoms with Gasteiger partial charge in [0.1, 0.15) is 11.5 Å². The zero-order valence-corrected chi connectivity index (χ0v) is 17.5. The van der Waals surface area contributed by atoms with Gasteiger partial charge in [-0.25, -0.2) is 8.42 Å². The first kappa shape index (κ1) is 20.9. The van der Waals surface area contributed by atoms with Gasteiger partial charge in [-0.3, -0.25) is 0 Å². The average molecular weight is 425 g/mol. The summed E-state index contributed by atoms with van der Waals surface area (Å²) in [6.45, 7) is 3.88. The molecule has 0 saturated carbocycles. The number of methoxy groups -OCH3 is 1. The second-order valence-corrected chi connectivity index (χ2v) is 8.96. The second kappa shape index (κ2) is 9.60. The Hall–Kier alpha value is -1.80. The first-order valence-electron chi connectivity index (χ1n) is 9.24. The lowest BCUT2D eigenvalue weighted by atomic mass is 10.3. The highest BCUT2D eigenvalue weighted by Crippen LogP contribution is 2.21. The molecule has 152 valence electrons. The van der Waals surface area contributed by atoms with Gasteiger partial charge in [0.2, 0.25) is 10.0 Å². The van der Waals surface area contributed by atoms with Gasteiger partial charge in [-0.1, -0.05) is 17.7 Å². The lowest BCUT2D eigenvalue weighted by molar-refractivity contribution is 0.174. The Morgan fingerprint density at radius 1 is 1.00 bits per heavy atom. The van der Waals surface area contributed by atoms with Crippen molar-refractivity contribution in [3.8, 4) is 11.5 Å². The number of ether oxygens (including phenoxy) is 2. The predicted molar refractivity (Wildman–Crippen MR) is 110 cm³/mol. The van der Waals surface area contributed by atoms with Crippen molar-refractivity contribution in [2.45, 2.75) is 11.3 Å². The molecule has 0 spiro atoms. The van der Waals surface area contributed by atoms with Gasteiger partial charge in [0, 0.05) is 37.7 Å². The van der Waals surface area contributed by atoms with E-state index in [4.69, 9.17) is 21.1 Å². The lowest BCUT2D eigenvalue weighted by Gasteiger charge is -2.34. The number of hydrogen-bond donors (Lipinski definition) is 0. The SMILES string of the molecule is COc1ccc(OCCCN2CCN(S(=O)(=O)c3cccc(Cl)c3)CC2)cc1. The maximum Gasteiger partial charge on any atom is 0.243 e. The van der Waals surface area contributed by atoms with E-state index in [2.05, 4.69) is 4.90 Å². The van der Waals surface area contributed by atoms with Crippen molar-refractivity contribution in [2.75, 3.05) is 46.4 Å². The van der Waals surface area contributed by atoms with Crippen LogP contribution in [-0.4, -0.2) is 64.1 Å². The summed E-state index contributed by atoms with van der Waals surface area (Å²) in [5, 5.41) is 0.427. The summed E-state index contributed by atoms with van der Waals surface area (Å²) >= 11 is 5.93. The number of halogens is 1. The molecule has 0 aromatic heterocycles. The van der Waals surface area contributed by atoms with E-state index in [0.29, 0.717) is 37.8 Å². The normalized spacial score (nSPS) is 16.1. The van der Waals surface area contributed by atoms with Crippen molar-refractivity contribution in [1.82, 2.24) is 9.21 Å². The molecule has 0 atom stereocenters. The van der Waals surface area contributed by atoms with Gasteiger partial charge < -0.3 is 14.4 Å². The number of piperazine rings is 1. The molecule has 3 rings (SSSR count). The molecule has 8 heteroatoms. The van der Waals surface area contributed by atoms with Crippen molar-refractivity contribution in [3.05, 3.63) is 53.6 Å². The van der Waals surface area contributed by atoms with Gasteiger partial charge in [0.05, 0.1) is 18.6 Å². The molecule has 1 aliphatic rings. The quantitative estimate of drug-likeness (QED) is 0.609. The molecule has 1 saturated heterocycles. The first-order chi connectivity index (χ1) is 13.5. The Morgan fingerprint density at radius 3 is 2.32 bits per heavy atom.